The summed E-state index contributed by atoms with van der Waals surface area (Å²) < 4.78 is 0. The van der Waals surface area contributed by atoms with Gasteiger partial charge in [-0.25, -0.2) is 4.98 Å². The van der Waals surface area contributed by atoms with Crippen molar-refractivity contribution >= 4 is 5.91 Å². The minimum Gasteiger partial charge on any atom is -0.507 e. The van der Waals surface area contributed by atoms with Crippen molar-refractivity contribution < 1.29 is 9.90 Å². The van der Waals surface area contributed by atoms with Crippen molar-refractivity contribution in [2.75, 3.05) is 7.05 Å². The second kappa shape index (κ2) is 5.09. The van der Waals surface area contributed by atoms with Gasteiger partial charge < -0.3 is 10.0 Å². The van der Waals surface area contributed by atoms with E-state index in [0.717, 1.165) is 5.56 Å². The highest BCUT2D eigenvalue weighted by atomic mass is 16.3. The summed E-state index contributed by atoms with van der Waals surface area (Å²) in [7, 11) is 1.65. The molecule has 0 radical (unpaired) electrons. The van der Waals surface area contributed by atoms with Gasteiger partial charge >= 0.3 is 0 Å². The fourth-order valence-corrected chi connectivity index (χ4v) is 1.77. The van der Waals surface area contributed by atoms with Crippen LogP contribution in [-0.2, 0) is 6.54 Å². The number of amides is 1. The molecule has 6 heteroatoms. The van der Waals surface area contributed by atoms with Gasteiger partial charge in [0.15, 0.2) is 5.82 Å². The van der Waals surface area contributed by atoms with Crippen LogP contribution >= 0.6 is 0 Å². The summed E-state index contributed by atoms with van der Waals surface area (Å²) in [4.78, 5) is 17.8. The van der Waals surface area contributed by atoms with Crippen LogP contribution in [0.15, 0.2) is 18.2 Å². The van der Waals surface area contributed by atoms with Gasteiger partial charge in [0.05, 0.1) is 12.1 Å². The van der Waals surface area contributed by atoms with E-state index in [0.29, 0.717) is 11.6 Å². The zero-order chi connectivity index (χ0) is 14.0. The molecular weight excluding hydrogens is 244 g/mol. The second-order valence-electron chi connectivity index (χ2n) is 4.52. The smallest absolute Gasteiger partial charge is 0.257 e. The largest absolute Gasteiger partial charge is 0.507 e. The van der Waals surface area contributed by atoms with Crippen molar-refractivity contribution in [1.82, 2.24) is 20.1 Å². The number of rotatable bonds is 3. The first kappa shape index (κ1) is 13.1. The molecule has 100 valence electrons. The molecule has 0 aliphatic carbocycles. The minimum absolute atomic E-state index is 0.0111. The lowest BCUT2D eigenvalue weighted by Gasteiger charge is -2.16. The van der Waals surface area contributed by atoms with E-state index in [4.69, 9.17) is 0 Å². The summed E-state index contributed by atoms with van der Waals surface area (Å²) in [5.41, 5.74) is 1.18. The maximum atomic E-state index is 12.2. The number of hydrogen-bond acceptors (Lipinski definition) is 4. The van der Waals surface area contributed by atoms with E-state index in [1.165, 1.54) is 4.90 Å². The molecule has 19 heavy (non-hydrogen) atoms. The SMILES string of the molecule is Cc1ccc(C(=O)N(C)Cc2n[nH]c(C)n2)c(O)c1. The molecule has 2 N–H and O–H groups in total. The molecule has 0 bridgehead atoms. The molecule has 1 aromatic carbocycles. The van der Waals surface area contributed by atoms with Crippen LogP contribution in [-0.4, -0.2) is 38.1 Å². The second-order valence-corrected chi connectivity index (χ2v) is 4.52. The van der Waals surface area contributed by atoms with Gasteiger partial charge in [-0.3, -0.25) is 9.89 Å². The standard InChI is InChI=1S/C13H16N4O2/c1-8-4-5-10(11(18)6-8)13(19)17(3)7-12-14-9(2)15-16-12/h4-6,18H,7H2,1-3H3,(H,14,15,16). The summed E-state index contributed by atoms with van der Waals surface area (Å²) >= 11 is 0. The summed E-state index contributed by atoms with van der Waals surface area (Å²) in [6.07, 6.45) is 0. The summed E-state index contributed by atoms with van der Waals surface area (Å²) in [5, 5.41) is 16.5. The van der Waals surface area contributed by atoms with Crippen LogP contribution in [0.5, 0.6) is 5.75 Å². The minimum atomic E-state index is -0.264. The highest BCUT2D eigenvalue weighted by Crippen LogP contribution is 2.20. The Kier molecular flexibility index (Phi) is 3.50. The Hall–Kier alpha value is -2.37. The number of nitrogens with one attached hydrogen (secondary N) is 1. The molecule has 2 aromatic rings. The lowest BCUT2D eigenvalue weighted by atomic mass is 10.1. The number of aromatic hydroxyl groups is 1. The van der Waals surface area contributed by atoms with Crippen molar-refractivity contribution in [2.24, 2.45) is 0 Å². The van der Waals surface area contributed by atoms with Crippen LogP contribution in [0, 0.1) is 13.8 Å². The van der Waals surface area contributed by atoms with E-state index in [9.17, 15) is 9.90 Å². The number of nitrogens with zero attached hydrogens (tertiary/aromatic N) is 3. The van der Waals surface area contributed by atoms with E-state index < -0.39 is 0 Å². The van der Waals surface area contributed by atoms with Crippen LogP contribution < -0.4 is 0 Å². The highest BCUT2D eigenvalue weighted by molar-refractivity contribution is 5.96. The quantitative estimate of drug-likeness (QED) is 0.874. The fraction of sp³-hybridized carbons (Fsp3) is 0.308. The summed E-state index contributed by atoms with van der Waals surface area (Å²) in [6, 6.07) is 4.97. The molecule has 0 aliphatic rings. The normalized spacial score (nSPS) is 10.5. The Labute approximate surface area is 111 Å². The molecule has 0 saturated carbocycles. The Morgan fingerprint density at radius 3 is 2.74 bits per heavy atom. The van der Waals surface area contributed by atoms with Gasteiger partial charge in [-0.15, -0.1) is 0 Å². The van der Waals surface area contributed by atoms with Crippen molar-refractivity contribution in [3.8, 4) is 5.75 Å². The molecule has 0 unspecified atom stereocenters. The number of aryl methyl sites for hydroxylation is 2. The Morgan fingerprint density at radius 2 is 2.16 bits per heavy atom. The van der Waals surface area contributed by atoms with E-state index >= 15 is 0 Å². The maximum Gasteiger partial charge on any atom is 0.257 e. The number of phenolic OH excluding ortho intramolecular Hbond substituents is 1. The van der Waals surface area contributed by atoms with Crippen molar-refractivity contribution in [3.05, 3.63) is 41.0 Å². The maximum absolute atomic E-state index is 12.2. The number of aromatic nitrogens is 3. The van der Waals surface area contributed by atoms with Gasteiger partial charge in [0.2, 0.25) is 0 Å². The number of carbonyl (C=O) groups is 1. The molecular formula is C13H16N4O2. The van der Waals surface area contributed by atoms with Crippen LogP contribution in [0.25, 0.3) is 0 Å². The van der Waals surface area contributed by atoms with Gasteiger partial charge in [0.1, 0.15) is 11.6 Å². The molecule has 0 spiro atoms. The summed E-state index contributed by atoms with van der Waals surface area (Å²) in [6.45, 7) is 3.94. The topological polar surface area (TPSA) is 82.1 Å². The number of carbonyl (C=O) groups excluding carboxylic acids is 1. The van der Waals surface area contributed by atoms with Crippen LogP contribution in [0.4, 0.5) is 0 Å². The van der Waals surface area contributed by atoms with Gasteiger partial charge in [0.25, 0.3) is 5.91 Å². The molecule has 0 saturated heterocycles. The molecule has 2 rings (SSSR count). The molecule has 6 nitrogen and oxygen atoms in total. The van der Waals surface area contributed by atoms with Crippen LogP contribution in [0.3, 0.4) is 0 Å². The van der Waals surface area contributed by atoms with Crippen molar-refractivity contribution in [3.63, 3.8) is 0 Å². The average Bonchev–Trinajstić information content (AvgIpc) is 2.74. The summed E-state index contributed by atoms with van der Waals surface area (Å²) in [5.74, 6) is 0.969. The zero-order valence-corrected chi connectivity index (χ0v) is 11.1. The van der Waals surface area contributed by atoms with E-state index in [1.54, 1.807) is 32.2 Å². The third kappa shape index (κ3) is 2.90. The van der Waals surface area contributed by atoms with E-state index in [1.807, 2.05) is 6.92 Å². The lowest BCUT2D eigenvalue weighted by Crippen LogP contribution is -2.26. The van der Waals surface area contributed by atoms with Crippen molar-refractivity contribution in [2.45, 2.75) is 20.4 Å². The molecule has 1 aromatic heterocycles. The number of aromatic amines is 1. The third-order valence-corrected chi connectivity index (χ3v) is 2.75. The molecule has 1 heterocycles. The molecule has 0 fully saturated rings. The van der Waals surface area contributed by atoms with Crippen LogP contribution in [0.1, 0.15) is 27.6 Å². The molecule has 1 amide bonds. The lowest BCUT2D eigenvalue weighted by molar-refractivity contribution is 0.0778. The Balaban J connectivity index is 2.14. The molecule has 0 atom stereocenters. The molecule has 0 aliphatic heterocycles. The Morgan fingerprint density at radius 1 is 1.42 bits per heavy atom. The average molecular weight is 260 g/mol. The van der Waals surface area contributed by atoms with Gasteiger partial charge in [-0.1, -0.05) is 6.07 Å². The predicted molar refractivity (Wildman–Crippen MR) is 69.8 cm³/mol. The van der Waals surface area contributed by atoms with Gasteiger partial charge in [-0.2, -0.15) is 5.10 Å². The third-order valence-electron chi connectivity index (χ3n) is 2.75. The fourth-order valence-electron chi connectivity index (χ4n) is 1.77. The highest BCUT2D eigenvalue weighted by Gasteiger charge is 2.17. The van der Waals surface area contributed by atoms with E-state index in [-0.39, 0.29) is 23.8 Å². The monoisotopic (exact) mass is 260 g/mol. The first-order valence-electron chi connectivity index (χ1n) is 5.90. The zero-order valence-electron chi connectivity index (χ0n) is 11.1. The van der Waals surface area contributed by atoms with E-state index in [2.05, 4.69) is 15.2 Å². The number of H-pyrrole nitrogens is 1. The van der Waals surface area contributed by atoms with Crippen molar-refractivity contribution in [1.29, 1.82) is 0 Å². The van der Waals surface area contributed by atoms with Gasteiger partial charge in [-0.05, 0) is 31.5 Å². The predicted octanol–water partition coefficient (Wildman–Crippen LogP) is 1.40. The number of hydrogen-bond donors (Lipinski definition) is 2. The first-order chi connectivity index (χ1) is 8.97. The first-order valence-corrected chi connectivity index (χ1v) is 5.90. The van der Waals surface area contributed by atoms with Gasteiger partial charge in [0, 0.05) is 7.05 Å². The number of benzene rings is 1. The Bertz CT molecular complexity index is 606. The number of phenols is 1. The van der Waals surface area contributed by atoms with Crippen LogP contribution in [0.2, 0.25) is 0 Å².